The van der Waals surface area contributed by atoms with Crippen LogP contribution in [0, 0.1) is 11.6 Å². The lowest BCUT2D eigenvalue weighted by Crippen LogP contribution is -2.21. The molecule has 0 amide bonds. The van der Waals surface area contributed by atoms with Crippen molar-refractivity contribution in [1.29, 1.82) is 0 Å². The average molecular weight is 255 g/mol. The smallest absolute Gasteiger partial charge is 0.142 e. The third-order valence-corrected chi connectivity index (χ3v) is 2.68. The molecule has 1 rings (SSSR count). The molecule has 6 heteroatoms. The van der Waals surface area contributed by atoms with E-state index in [9.17, 15) is 19.0 Å². The van der Waals surface area contributed by atoms with Crippen molar-refractivity contribution >= 4 is 24.2 Å². The van der Waals surface area contributed by atoms with E-state index >= 15 is 0 Å². The zero-order valence-corrected chi connectivity index (χ0v) is 9.14. The minimum absolute atomic E-state index is 0.0898. The molecular weight excluding hydrogens is 246 g/mol. The molecule has 1 aromatic rings. The summed E-state index contributed by atoms with van der Waals surface area (Å²) in [6, 6.07) is 1.69. The number of rotatable bonds is 3. The molecule has 0 aliphatic rings. The maximum Gasteiger partial charge on any atom is 0.142 e. The van der Waals surface area contributed by atoms with Crippen LogP contribution >= 0.6 is 24.2 Å². The molecule has 0 radical (unpaired) electrons. The first-order valence-corrected chi connectivity index (χ1v) is 5.10. The van der Waals surface area contributed by atoms with Gasteiger partial charge >= 0.3 is 0 Å². The first-order valence-electron chi connectivity index (χ1n) is 4.09. The van der Waals surface area contributed by atoms with E-state index in [-0.39, 0.29) is 5.75 Å². The van der Waals surface area contributed by atoms with Gasteiger partial charge < -0.3 is 10.2 Å². The fourth-order valence-corrected chi connectivity index (χ4v) is 1.57. The van der Waals surface area contributed by atoms with Crippen molar-refractivity contribution in [2.24, 2.45) is 0 Å². The van der Waals surface area contributed by atoms with E-state index in [1.54, 1.807) is 0 Å². The Labute approximate surface area is 95.9 Å². The molecular formula is C9H9ClF2O2S. The minimum atomic E-state index is -1.59. The zero-order valence-electron chi connectivity index (χ0n) is 7.49. The normalized spacial score (nSPS) is 15.1. The summed E-state index contributed by atoms with van der Waals surface area (Å²) in [5.74, 6) is -1.80. The SMILES string of the molecule is OC(CS)C(O)c1c(F)ccc(F)c1Cl. The van der Waals surface area contributed by atoms with E-state index in [4.69, 9.17) is 11.6 Å². The highest BCUT2D eigenvalue weighted by Gasteiger charge is 2.24. The second-order valence-electron chi connectivity index (χ2n) is 2.95. The summed E-state index contributed by atoms with van der Waals surface area (Å²) < 4.78 is 26.2. The first kappa shape index (κ1) is 12.7. The number of aliphatic hydroxyl groups excluding tert-OH is 2. The Morgan fingerprint density at radius 1 is 1.27 bits per heavy atom. The van der Waals surface area contributed by atoms with Crippen molar-refractivity contribution < 1.29 is 19.0 Å². The van der Waals surface area contributed by atoms with Gasteiger partial charge in [-0.1, -0.05) is 11.6 Å². The molecule has 0 aliphatic heterocycles. The van der Waals surface area contributed by atoms with Gasteiger partial charge in [0, 0.05) is 11.3 Å². The Morgan fingerprint density at radius 3 is 2.33 bits per heavy atom. The molecule has 1 aromatic carbocycles. The molecule has 2 atom stereocenters. The summed E-state index contributed by atoms with van der Waals surface area (Å²) in [5.41, 5.74) is -0.446. The van der Waals surface area contributed by atoms with Crippen LogP contribution in [0.15, 0.2) is 12.1 Å². The summed E-state index contributed by atoms with van der Waals surface area (Å²) in [6.45, 7) is 0. The third-order valence-electron chi connectivity index (χ3n) is 1.93. The van der Waals surface area contributed by atoms with Crippen LogP contribution in [0.1, 0.15) is 11.7 Å². The Morgan fingerprint density at radius 2 is 1.80 bits per heavy atom. The maximum absolute atomic E-state index is 13.2. The standard InChI is InChI=1S/C9H9ClF2O2S/c10-8-5(12)2-1-4(11)7(8)9(14)6(13)3-15/h1-2,6,9,13-15H,3H2. The van der Waals surface area contributed by atoms with Crippen LogP contribution in [0.3, 0.4) is 0 Å². The molecule has 0 spiro atoms. The number of hydrogen-bond donors (Lipinski definition) is 3. The van der Waals surface area contributed by atoms with Crippen LogP contribution in [0.25, 0.3) is 0 Å². The quantitative estimate of drug-likeness (QED) is 0.570. The monoisotopic (exact) mass is 254 g/mol. The highest BCUT2D eigenvalue weighted by molar-refractivity contribution is 7.80. The van der Waals surface area contributed by atoms with E-state index in [1.807, 2.05) is 0 Å². The van der Waals surface area contributed by atoms with E-state index < -0.39 is 34.4 Å². The molecule has 0 saturated heterocycles. The van der Waals surface area contributed by atoms with Gasteiger partial charge in [-0.25, -0.2) is 8.78 Å². The molecule has 0 aliphatic carbocycles. The van der Waals surface area contributed by atoms with Gasteiger partial charge in [-0.3, -0.25) is 0 Å². The summed E-state index contributed by atoms with van der Waals surface area (Å²) >= 11 is 9.21. The van der Waals surface area contributed by atoms with Crippen LogP contribution in [0.5, 0.6) is 0 Å². The lowest BCUT2D eigenvalue weighted by Gasteiger charge is -2.18. The van der Waals surface area contributed by atoms with Crippen LogP contribution in [0.4, 0.5) is 8.78 Å². The van der Waals surface area contributed by atoms with Gasteiger partial charge in [0.25, 0.3) is 0 Å². The molecule has 0 aromatic heterocycles. The van der Waals surface area contributed by atoms with Crippen LogP contribution < -0.4 is 0 Å². The van der Waals surface area contributed by atoms with Crippen LogP contribution in [0.2, 0.25) is 5.02 Å². The van der Waals surface area contributed by atoms with Crippen molar-refractivity contribution in [2.75, 3.05) is 5.75 Å². The number of hydrogen-bond acceptors (Lipinski definition) is 3. The fourth-order valence-electron chi connectivity index (χ4n) is 1.11. The molecule has 0 bridgehead atoms. The average Bonchev–Trinajstić information content (AvgIpc) is 2.22. The van der Waals surface area contributed by atoms with E-state index in [0.717, 1.165) is 12.1 Å². The lowest BCUT2D eigenvalue weighted by molar-refractivity contribution is 0.0314. The summed E-state index contributed by atoms with van der Waals surface area (Å²) in [7, 11) is 0. The maximum atomic E-state index is 13.2. The van der Waals surface area contributed by atoms with Gasteiger partial charge in [0.1, 0.15) is 17.7 Å². The molecule has 0 fully saturated rings. The molecule has 0 saturated carbocycles. The number of aliphatic hydroxyl groups is 2. The largest absolute Gasteiger partial charge is 0.389 e. The van der Waals surface area contributed by atoms with Gasteiger partial charge in [-0.2, -0.15) is 12.6 Å². The zero-order chi connectivity index (χ0) is 11.6. The van der Waals surface area contributed by atoms with E-state index in [0.29, 0.717) is 0 Å². The van der Waals surface area contributed by atoms with Gasteiger partial charge in [-0.15, -0.1) is 0 Å². The van der Waals surface area contributed by atoms with Gasteiger partial charge in [0.15, 0.2) is 0 Å². The number of thiol groups is 1. The highest BCUT2D eigenvalue weighted by atomic mass is 35.5. The summed E-state index contributed by atoms with van der Waals surface area (Å²) in [6.07, 6.45) is -2.90. The van der Waals surface area contributed by atoms with Crippen LogP contribution in [-0.4, -0.2) is 22.1 Å². The van der Waals surface area contributed by atoms with Crippen molar-refractivity contribution in [3.8, 4) is 0 Å². The van der Waals surface area contributed by atoms with Gasteiger partial charge in [-0.05, 0) is 12.1 Å². The Kier molecular flexibility index (Phi) is 4.33. The molecule has 0 heterocycles. The lowest BCUT2D eigenvalue weighted by atomic mass is 10.0. The van der Waals surface area contributed by atoms with Crippen LogP contribution in [-0.2, 0) is 0 Å². The summed E-state index contributed by atoms with van der Waals surface area (Å²) in [5, 5.41) is 18.2. The molecule has 2 unspecified atom stereocenters. The highest BCUT2D eigenvalue weighted by Crippen LogP contribution is 2.30. The predicted molar refractivity (Wildman–Crippen MR) is 56.2 cm³/mol. The van der Waals surface area contributed by atoms with E-state index in [2.05, 4.69) is 12.6 Å². The molecule has 15 heavy (non-hydrogen) atoms. The van der Waals surface area contributed by atoms with Crippen molar-refractivity contribution in [1.82, 2.24) is 0 Å². The number of benzene rings is 1. The van der Waals surface area contributed by atoms with Gasteiger partial charge in [0.05, 0.1) is 11.1 Å². The molecule has 2 N–H and O–H groups in total. The topological polar surface area (TPSA) is 40.5 Å². The third kappa shape index (κ3) is 2.60. The molecule has 84 valence electrons. The summed E-state index contributed by atoms with van der Waals surface area (Å²) in [4.78, 5) is 0. The first-order chi connectivity index (χ1) is 6.99. The second kappa shape index (κ2) is 5.12. The molecule has 2 nitrogen and oxygen atoms in total. The van der Waals surface area contributed by atoms with Crippen molar-refractivity contribution in [2.45, 2.75) is 12.2 Å². The Balaban J connectivity index is 3.18. The Hall–Kier alpha value is -0.360. The van der Waals surface area contributed by atoms with Crippen molar-refractivity contribution in [3.63, 3.8) is 0 Å². The number of halogens is 3. The second-order valence-corrected chi connectivity index (χ2v) is 3.69. The predicted octanol–water partition coefficient (Wildman–Crippen LogP) is 1.94. The van der Waals surface area contributed by atoms with E-state index in [1.165, 1.54) is 0 Å². The fraction of sp³-hybridized carbons (Fsp3) is 0.333. The minimum Gasteiger partial charge on any atom is -0.389 e. The Bertz CT molecular complexity index is 362. The van der Waals surface area contributed by atoms with Crippen molar-refractivity contribution in [3.05, 3.63) is 34.4 Å². The van der Waals surface area contributed by atoms with Gasteiger partial charge in [0.2, 0.25) is 0 Å².